The molecule has 0 spiro atoms. The van der Waals surface area contributed by atoms with Gasteiger partial charge in [-0.15, -0.1) is 9.24 Å². The quantitative estimate of drug-likeness (QED) is 0.434. The van der Waals surface area contributed by atoms with Crippen molar-refractivity contribution in [2.24, 2.45) is 5.41 Å². The minimum atomic E-state index is -0.0344. The molecule has 0 fully saturated rings. The molecule has 0 amide bonds. The van der Waals surface area contributed by atoms with Gasteiger partial charge in [-0.05, 0) is 24.7 Å². The highest BCUT2D eigenvalue weighted by atomic mass is 31.0. The molecule has 110 valence electrons. The van der Waals surface area contributed by atoms with Crippen LogP contribution in [0.2, 0.25) is 0 Å². The van der Waals surface area contributed by atoms with E-state index in [1.807, 2.05) is 7.11 Å². The Balaban J connectivity index is 4.84. The molecular formula is C16H35OP. The summed E-state index contributed by atoms with van der Waals surface area (Å²) in [6.07, 6.45) is 11.4. The van der Waals surface area contributed by atoms with E-state index in [9.17, 15) is 0 Å². The lowest BCUT2D eigenvalue weighted by atomic mass is 9.73. The van der Waals surface area contributed by atoms with Crippen LogP contribution < -0.4 is 0 Å². The van der Waals surface area contributed by atoms with E-state index in [1.165, 1.54) is 51.4 Å². The summed E-state index contributed by atoms with van der Waals surface area (Å²) in [4.78, 5) is 0. The van der Waals surface area contributed by atoms with Crippen LogP contribution in [0.4, 0.5) is 0 Å². The first-order valence-corrected chi connectivity index (χ1v) is 8.41. The van der Waals surface area contributed by atoms with Gasteiger partial charge in [-0.1, -0.05) is 66.2 Å². The van der Waals surface area contributed by atoms with Crippen LogP contribution in [0.15, 0.2) is 0 Å². The predicted octanol–water partition coefficient (Wildman–Crippen LogP) is 5.78. The van der Waals surface area contributed by atoms with Gasteiger partial charge >= 0.3 is 0 Å². The van der Waals surface area contributed by atoms with Gasteiger partial charge < -0.3 is 4.74 Å². The molecule has 18 heavy (non-hydrogen) atoms. The maximum atomic E-state index is 5.96. The number of rotatable bonds is 11. The summed E-state index contributed by atoms with van der Waals surface area (Å²) in [5.74, 6) is 0. The Kier molecular flexibility index (Phi) is 9.52. The Hall–Kier alpha value is 0.390. The number of hydrogen-bond acceptors (Lipinski definition) is 1. The van der Waals surface area contributed by atoms with E-state index in [0.29, 0.717) is 5.41 Å². The van der Waals surface area contributed by atoms with Crippen LogP contribution in [0.1, 0.15) is 85.5 Å². The Morgan fingerprint density at radius 2 is 1.22 bits per heavy atom. The van der Waals surface area contributed by atoms with Crippen molar-refractivity contribution in [2.45, 2.75) is 90.8 Å². The maximum Gasteiger partial charge on any atom is 0.0862 e. The number of hydrogen-bond donors (Lipinski definition) is 0. The van der Waals surface area contributed by atoms with Crippen molar-refractivity contribution < 1.29 is 4.74 Å². The van der Waals surface area contributed by atoms with Crippen LogP contribution in [0, 0.1) is 5.41 Å². The van der Waals surface area contributed by atoms with Crippen LogP contribution in [-0.2, 0) is 4.74 Å². The van der Waals surface area contributed by atoms with Crippen LogP contribution in [0.3, 0.4) is 0 Å². The Morgan fingerprint density at radius 1 is 0.833 bits per heavy atom. The molecule has 0 aromatic heterocycles. The molecular weight excluding hydrogens is 239 g/mol. The van der Waals surface area contributed by atoms with Crippen molar-refractivity contribution in [2.75, 3.05) is 7.11 Å². The maximum absolute atomic E-state index is 5.96. The van der Waals surface area contributed by atoms with Crippen molar-refractivity contribution in [1.82, 2.24) is 0 Å². The second-order valence-electron chi connectivity index (χ2n) is 5.96. The minimum Gasteiger partial charge on any atom is -0.374 e. The van der Waals surface area contributed by atoms with Gasteiger partial charge in [0.05, 0.1) is 5.34 Å². The summed E-state index contributed by atoms with van der Waals surface area (Å²) >= 11 is 0. The zero-order valence-electron chi connectivity index (χ0n) is 13.3. The van der Waals surface area contributed by atoms with E-state index in [2.05, 4.69) is 36.9 Å². The number of ether oxygens (including phenoxy) is 1. The Bertz CT molecular complexity index is 197. The van der Waals surface area contributed by atoms with Crippen molar-refractivity contribution in [3.63, 3.8) is 0 Å². The van der Waals surface area contributed by atoms with E-state index in [0.717, 1.165) is 6.42 Å². The SMILES string of the molecule is CCCCC(C)(CCCC)C(P)(CCCC)OC. The molecule has 0 N–H and O–H groups in total. The highest BCUT2D eigenvalue weighted by Crippen LogP contribution is 2.49. The predicted molar refractivity (Wildman–Crippen MR) is 86.1 cm³/mol. The third-order valence-corrected chi connectivity index (χ3v) is 5.67. The van der Waals surface area contributed by atoms with E-state index in [4.69, 9.17) is 4.74 Å². The highest BCUT2D eigenvalue weighted by Gasteiger charge is 2.43. The first-order chi connectivity index (χ1) is 8.49. The molecule has 0 aliphatic heterocycles. The van der Waals surface area contributed by atoms with Gasteiger partial charge in [-0.25, -0.2) is 0 Å². The van der Waals surface area contributed by atoms with Gasteiger partial charge in [0, 0.05) is 7.11 Å². The van der Waals surface area contributed by atoms with E-state index in [-0.39, 0.29) is 5.34 Å². The van der Waals surface area contributed by atoms with Gasteiger partial charge in [0.2, 0.25) is 0 Å². The zero-order valence-corrected chi connectivity index (χ0v) is 14.5. The fourth-order valence-corrected chi connectivity index (χ4v) is 3.26. The molecule has 0 aromatic carbocycles. The van der Waals surface area contributed by atoms with E-state index >= 15 is 0 Å². The van der Waals surface area contributed by atoms with E-state index < -0.39 is 0 Å². The van der Waals surface area contributed by atoms with Gasteiger partial charge in [-0.3, -0.25) is 0 Å². The molecule has 0 saturated heterocycles. The smallest absolute Gasteiger partial charge is 0.0862 e. The molecule has 0 aromatic rings. The van der Waals surface area contributed by atoms with Crippen LogP contribution in [0.5, 0.6) is 0 Å². The van der Waals surface area contributed by atoms with Crippen LogP contribution >= 0.6 is 9.24 Å². The lowest BCUT2D eigenvalue weighted by Gasteiger charge is -2.46. The summed E-state index contributed by atoms with van der Waals surface area (Å²) < 4.78 is 5.96. The van der Waals surface area contributed by atoms with E-state index in [1.54, 1.807) is 0 Å². The summed E-state index contributed by atoms with van der Waals surface area (Å²) in [5, 5.41) is -0.0344. The summed E-state index contributed by atoms with van der Waals surface area (Å²) in [5.41, 5.74) is 0.299. The topological polar surface area (TPSA) is 9.23 Å². The van der Waals surface area contributed by atoms with Crippen LogP contribution in [-0.4, -0.2) is 12.5 Å². The fraction of sp³-hybridized carbons (Fsp3) is 1.00. The molecule has 2 atom stereocenters. The summed E-state index contributed by atoms with van der Waals surface area (Å²) in [7, 11) is 4.94. The highest BCUT2D eigenvalue weighted by molar-refractivity contribution is 7.18. The lowest BCUT2D eigenvalue weighted by Crippen LogP contribution is -2.43. The molecule has 0 saturated carbocycles. The second-order valence-corrected chi connectivity index (χ2v) is 6.90. The number of methoxy groups -OCH3 is 1. The molecule has 1 nitrogen and oxygen atoms in total. The molecule has 0 heterocycles. The first kappa shape index (κ1) is 18.4. The average Bonchev–Trinajstić information content (AvgIpc) is 2.39. The molecule has 0 rings (SSSR count). The first-order valence-electron chi connectivity index (χ1n) is 7.83. The van der Waals surface area contributed by atoms with Crippen molar-refractivity contribution >= 4 is 9.24 Å². The summed E-state index contributed by atoms with van der Waals surface area (Å²) in [6, 6.07) is 0. The normalized spacial score (nSPS) is 15.7. The van der Waals surface area contributed by atoms with Crippen molar-refractivity contribution in [3.05, 3.63) is 0 Å². The zero-order chi connectivity index (χ0) is 14.1. The molecule has 0 radical (unpaired) electrons. The Labute approximate surface area is 118 Å². The average molecular weight is 274 g/mol. The minimum absolute atomic E-state index is 0.0344. The molecule has 0 aliphatic carbocycles. The van der Waals surface area contributed by atoms with Gasteiger partial charge in [0.25, 0.3) is 0 Å². The van der Waals surface area contributed by atoms with Crippen LogP contribution in [0.25, 0.3) is 0 Å². The van der Waals surface area contributed by atoms with Gasteiger partial charge in [-0.2, -0.15) is 0 Å². The van der Waals surface area contributed by atoms with Gasteiger partial charge in [0.15, 0.2) is 0 Å². The lowest BCUT2D eigenvalue weighted by molar-refractivity contribution is -0.0525. The van der Waals surface area contributed by atoms with Crippen molar-refractivity contribution in [1.29, 1.82) is 0 Å². The third-order valence-electron chi connectivity index (χ3n) is 4.45. The second kappa shape index (κ2) is 9.32. The fourth-order valence-electron chi connectivity index (χ4n) is 2.77. The molecule has 0 bridgehead atoms. The number of unbranched alkanes of at least 4 members (excludes halogenated alkanes) is 3. The standard InChI is InChI=1S/C16H35OP/c1-6-9-12-15(4,13-10-7-2)16(18,17-5)14-11-8-3/h6-14,18H2,1-5H3. The molecule has 2 heteroatoms. The molecule has 2 unspecified atom stereocenters. The molecule has 0 aliphatic rings. The Morgan fingerprint density at radius 3 is 1.56 bits per heavy atom. The largest absolute Gasteiger partial charge is 0.374 e. The van der Waals surface area contributed by atoms with Crippen molar-refractivity contribution in [3.8, 4) is 0 Å². The van der Waals surface area contributed by atoms with Gasteiger partial charge in [0.1, 0.15) is 0 Å². The summed E-state index contributed by atoms with van der Waals surface area (Å²) in [6.45, 7) is 9.26. The third kappa shape index (κ3) is 5.17. The monoisotopic (exact) mass is 274 g/mol.